The molecular formula is C19H26N4O4S2. The lowest BCUT2D eigenvalue weighted by Crippen LogP contribution is -2.33. The van der Waals surface area contributed by atoms with Crippen LogP contribution in [0.25, 0.3) is 0 Å². The van der Waals surface area contributed by atoms with Gasteiger partial charge in [0.05, 0.1) is 15.5 Å². The summed E-state index contributed by atoms with van der Waals surface area (Å²) in [4.78, 5) is 6.44. The van der Waals surface area contributed by atoms with Crippen molar-refractivity contribution in [2.45, 2.75) is 36.1 Å². The molecule has 0 saturated carbocycles. The van der Waals surface area contributed by atoms with Crippen molar-refractivity contribution in [3.63, 3.8) is 0 Å². The van der Waals surface area contributed by atoms with Crippen molar-refractivity contribution in [2.75, 3.05) is 29.6 Å². The highest BCUT2D eigenvalue weighted by molar-refractivity contribution is 7.91. The first-order chi connectivity index (χ1) is 13.5. The lowest BCUT2D eigenvalue weighted by Gasteiger charge is -2.31. The summed E-state index contributed by atoms with van der Waals surface area (Å²) in [5.74, 6) is 1.69. The molecule has 29 heavy (non-hydrogen) atoms. The molecule has 3 rings (SSSR count). The number of anilines is 2. The van der Waals surface area contributed by atoms with Crippen molar-refractivity contribution < 1.29 is 16.8 Å². The maximum Gasteiger partial charge on any atom is 0.238 e. The molecule has 1 aliphatic rings. The first-order valence-corrected chi connectivity index (χ1v) is 12.8. The molecule has 0 atom stereocenters. The van der Waals surface area contributed by atoms with Gasteiger partial charge in [-0.25, -0.2) is 27.0 Å². The van der Waals surface area contributed by atoms with Gasteiger partial charge in [-0.2, -0.15) is 0 Å². The van der Waals surface area contributed by atoms with Crippen LogP contribution in [0.2, 0.25) is 0 Å². The number of sulfone groups is 1. The normalized spacial score (nSPS) is 16.0. The molecule has 1 fully saturated rings. The first-order valence-electron chi connectivity index (χ1n) is 9.35. The third kappa shape index (κ3) is 5.46. The lowest BCUT2D eigenvalue weighted by molar-refractivity contribution is 0.436. The zero-order valence-corrected chi connectivity index (χ0v) is 18.1. The highest BCUT2D eigenvalue weighted by atomic mass is 32.2. The Hall–Kier alpha value is -2.17. The van der Waals surface area contributed by atoms with E-state index in [2.05, 4.69) is 22.1 Å². The maximum atomic E-state index is 12.1. The van der Waals surface area contributed by atoms with Crippen molar-refractivity contribution in [3.05, 3.63) is 42.1 Å². The number of benzene rings is 1. The molecule has 0 aliphatic carbocycles. The van der Waals surface area contributed by atoms with Gasteiger partial charge < -0.3 is 10.2 Å². The predicted octanol–water partition coefficient (Wildman–Crippen LogP) is 1.98. The maximum absolute atomic E-state index is 12.1. The van der Waals surface area contributed by atoms with E-state index in [0.717, 1.165) is 55.6 Å². The standard InChI is InChI=1S/C19H26N4O4S2/c1-14-7-9-23(10-8-14)19-6-3-15(13-22-19)12-21-17-5-4-16(29(20,26)27)11-18(17)28(2,24)25/h3-6,11,13-14,21H,7-10,12H2,1-2H3,(H2,20,26,27). The molecule has 0 unspecified atom stereocenters. The molecule has 1 saturated heterocycles. The highest BCUT2D eigenvalue weighted by Crippen LogP contribution is 2.26. The van der Waals surface area contributed by atoms with Gasteiger partial charge >= 0.3 is 0 Å². The van der Waals surface area contributed by atoms with E-state index in [1.54, 1.807) is 6.20 Å². The Labute approximate surface area is 172 Å². The van der Waals surface area contributed by atoms with E-state index >= 15 is 0 Å². The van der Waals surface area contributed by atoms with Crippen LogP contribution in [0.3, 0.4) is 0 Å². The van der Waals surface area contributed by atoms with Crippen LogP contribution in [0.1, 0.15) is 25.3 Å². The fourth-order valence-corrected chi connectivity index (χ4v) is 4.77. The lowest BCUT2D eigenvalue weighted by atomic mass is 9.99. The molecule has 2 aromatic rings. The number of sulfonamides is 1. The van der Waals surface area contributed by atoms with Crippen LogP contribution in [-0.2, 0) is 26.4 Å². The minimum absolute atomic E-state index is 0.115. The van der Waals surface area contributed by atoms with Gasteiger partial charge in [-0.15, -0.1) is 0 Å². The average Bonchev–Trinajstić information content (AvgIpc) is 2.66. The Morgan fingerprint density at radius 2 is 1.83 bits per heavy atom. The largest absolute Gasteiger partial charge is 0.380 e. The van der Waals surface area contributed by atoms with Crippen molar-refractivity contribution in [1.29, 1.82) is 0 Å². The molecule has 0 bridgehead atoms. The van der Waals surface area contributed by atoms with Crippen LogP contribution in [0.5, 0.6) is 0 Å². The summed E-state index contributed by atoms with van der Waals surface area (Å²) in [5.41, 5.74) is 1.20. The van der Waals surface area contributed by atoms with Crippen LogP contribution >= 0.6 is 0 Å². The number of nitrogens with zero attached hydrogens (tertiary/aromatic N) is 2. The summed E-state index contributed by atoms with van der Waals surface area (Å²) in [6, 6.07) is 7.68. The molecule has 8 nitrogen and oxygen atoms in total. The van der Waals surface area contributed by atoms with Gasteiger partial charge in [-0.3, -0.25) is 0 Å². The molecule has 2 heterocycles. The van der Waals surface area contributed by atoms with Gasteiger partial charge in [0.2, 0.25) is 10.0 Å². The minimum atomic E-state index is -4.00. The van der Waals surface area contributed by atoms with Crippen molar-refractivity contribution in [2.24, 2.45) is 11.1 Å². The number of nitrogens with two attached hydrogens (primary N) is 1. The molecule has 0 radical (unpaired) electrons. The predicted molar refractivity (Wildman–Crippen MR) is 113 cm³/mol. The fraction of sp³-hybridized carbons (Fsp3) is 0.421. The van der Waals surface area contributed by atoms with Crippen LogP contribution in [0.15, 0.2) is 46.3 Å². The zero-order chi connectivity index (χ0) is 21.2. The molecule has 10 heteroatoms. The molecule has 158 valence electrons. The van der Waals surface area contributed by atoms with Gasteiger partial charge in [0.25, 0.3) is 0 Å². The minimum Gasteiger partial charge on any atom is -0.380 e. The Balaban J connectivity index is 1.74. The molecule has 3 N–H and O–H groups in total. The quantitative estimate of drug-likeness (QED) is 0.707. The summed E-state index contributed by atoms with van der Waals surface area (Å²) >= 11 is 0. The SMILES string of the molecule is CC1CCN(c2ccc(CNc3ccc(S(N)(=O)=O)cc3S(C)(=O)=O)cn2)CC1. The number of rotatable bonds is 6. The second-order valence-electron chi connectivity index (χ2n) is 7.52. The summed E-state index contributed by atoms with van der Waals surface area (Å²) in [5, 5.41) is 8.16. The third-order valence-corrected chi connectivity index (χ3v) is 7.13. The van der Waals surface area contributed by atoms with Crippen molar-refractivity contribution in [1.82, 2.24) is 4.98 Å². The van der Waals surface area contributed by atoms with E-state index < -0.39 is 19.9 Å². The number of primary sulfonamides is 1. The number of aromatic nitrogens is 1. The van der Waals surface area contributed by atoms with E-state index in [9.17, 15) is 16.8 Å². The number of pyridine rings is 1. The van der Waals surface area contributed by atoms with Crippen LogP contribution < -0.4 is 15.4 Å². The van der Waals surface area contributed by atoms with E-state index in [1.165, 1.54) is 12.1 Å². The highest BCUT2D eigenvalue weighted by Gasteiger charge is 2.19. The van der Waals surface area contributed by atoms with Gasteiger partial charge in [0.15, 0.2) is 9.84 Å². The van der Waals surface area contributed by atoms with Crippen LogP contribution in [0, 0.1) is 5.92 Å². The molecule has 1 aromatic heterocycles. The van der Waals surface area contributed by atoms with E-state index in [0.29, 0.717) is 12.2 Å². The van der Waals surface area contributed by atoms with E-state index in [4.69, 9.17) is 5.14 Å². The van der Waals surface area contributed by atoms with Crippen LogP contribution in [-0.4, -0.2) is 41.2 Å². The smallest absolute Gasteiger partial charge is 0.238 e. The fourth-order valence-electron chi connectivity index (χ4n) is 3.28. The van der Waals surface area contributed by atoms with Crippen LogP contribution in [0.4, 0.5) is 11.5 Å². The third-order valence-electron chi connectivity index (χ3n) is 5.08. The number of nitrogens with one attached hydrogen (secondary N) is 1. The Bertz CT molecular complexity index is 1080. The molecule has 1 aliphatic heterocycles. The second kappa shape index (κ2) is 8.29. The van der Waals surface area contributed by atoms with E-state index in [-0.39, 0.29) is 9.79 Å². The molecule has 0 spiro atoms. The summed E-state index contributed by atoms with van der Waals surface area (Å²) < 4.78 is 47.3. The number of piperidine rings is 1. The topological polar surface area (TPSA) is 122 Å². The molecular weight excluding hydrogens is 412 g/mol. The monoisotopic (exact) mass is 438 g/mol. The zero-order valence-electron chi connectivity index (χ0n) is 16.5. The second-order valence-corrected chi connectivity index (χ2v) is 11.1. The molecule has 1 aromatic carbocycles. The van der Waals surface area contributed by atoms with E-state index in [1.807, 2.05) is 12.1 Å². The van der Waals surface area contributed by atoms with Gasteiger partial charge in [0, 0.05) is 32.1 Å². The van der Waals surface area contributed by atoms with Gasteiger partial charge in [-0.05, 0) is 48.6 Å². The summed E-state index contributed by atoms with van der Waals surface area (Å²) in [7, 11) is -7.65. The molecule has 0 amide bonds. The first kappa shape index (κ1) is 21.5. The van der Waals surface area contributed by atoms with Crippen molar-refractivity contribution >= 4 is 31.4 Å². The summed E-state index contributed by atoms with van der Waals surface area (Å²) in [6.45, 7) is 4.61. The Morgan fingerprint density at radius 1 is 1.14 bits per heavy atom. The Kier molecular flexibility index (Phi) is 6.16. The Morgan fingerprint density at radius 3 is 2.38 bits per heavy atom. The summed E-state index contributed by atoms with van der Waals surface area (Å²) in [6.07, 6.45) is 5.11. The average molecular weight is 439 g/mol. The van der Waals surface area contributed by atoms with Gasteiger partial charge in [0.1, 0.15) is 5.82 Å². The van der Waals surface area contributed by atoms with Gasteiger partial charge in [-0.1, -0.05) is 13.0 Å². The number of hydrogen-bond donors (Lipinski definition) is 2. The number of hydrogen-bond acceptors (Lipinski definition) is 7. The van der Waals surface area contributed by atoms with Crippen molar-refractivity contribution in [3.8, 4) is 0 Å².